The van der Waals surface area contributed by atoms with E-state index in [9.17, 15) is 4.79 Å². The summed E-state index contributed by atoms with van der Waals surface area (Å²) in [4.78, 5) is 14.6. The molecule has 5 heteroatoms. The molecule has 0 radical (unpaired) electrons. The number of aldehydes is 1. The number of carbonyl (C=O) groups excluding carboxylic acids is 1. The van der Waals surface area contributed by atoms with Gasteiger partial charge in [0.25, 0.3) is 0 Å². The number of carbonyl (C=O) groups is 1. The third-order valence-electron chi connectivity index (χ3n) is 1.88. The lowest BCUT2D eigenvalue weighted by Gasteiger charge is -1.90. The van der Waals surface area contributed by atoms with Crippen molar-refractivity contribution >= 4 is 11.9 Å². The monoisotopic (exact) mass is 191 g/mol. The highest BCUT2D eigenvalue weighted by Crippen LogP contribution is 2.04. The van der Waals surface area contributed by atoms with E-state index in [1.807, 2.05) is 0 Å². The van der Waals surface area contributed by atoms with Crippen LogP contribution in [0, 0.1) is 0 Å². The van der Waals surface area contributed by atoms with Crippen molar-refractivity contribution < 1.29 is 9.90 Å². The van der Waals surface area contributed by atoms with Crippen molar-refractivity contribution in [3.63, 3.8) is 0 Å². The number of fused-ring (bicyclic) bond motifs is 1. The molecule has 0 spiro atoms. The van der Waals surface area contributed by atoms with Crippen LogP contribution in [0.1, 0.15) is 16.2 Å². The predicted octanol–water partition coefficient (Wildman–Crippen LogP) is 0.0766. The van der Waals surface area contributed by atoms with Crippen molar-refractivity contribution in [2.45, 2.75) is 6.42 Å². The molecule has 2 aromatic heterocycles. The first kappa shape index (κ1) is 8.83. The summed E-state index contributed by atoms with van der Waals surface area (Å²) in [5.74, 6) is 0.579. The smallest absolute Gasteiger partial charge is 0.156 e. The van der Waals surface area contributed by atoms with Crippen LogP contribution in [-0.4, -0.2) is 32.6 Å². The van der Waals surface area contributed by atoms with Crippen molar-refractivity contribution in [3.8, 4) is 0 Å². The Kier molecular flexibility index (Phi) is 2.24. The molecule has 0 aromatic carbocycles. The lowest BCUT2D eigenvalue weighted by atomic mass is 10.3. The first-order chi connectivity index (χ1) is 6.83. The summed E-state index contributed by atoms with van der Waals surface area (Å²) >= 11 is 0. The maximum absolute atomic E-state index is 10.5. The van der Waals surface area contributed by atoms with Gasteiger partial charge in [-0.05, 0) is 12.1 Å². The van der Waals surface area contributed by atoms with Crippen LogP contribution < -0.4 is 0 Å². The zero-order valence-corrected chi connectivity index (χ0v) is 7.42. The summed E-state index contributed by atoms with van der Waals surface area (Å²) in [5, 5.41) is 12.8. The molecule has 0 aliphatic rings. The maximum Gasteiger partial charge on any atom is 0.156 e. The van der Waals surface area contributed by atoms with Crippen LogP contribution in [0.4, 0.5) is 0 Å². The highest BCUT2D eigenvalue weighted by atomic mass is 16.3. The van der Waals surface area contributed by atoms with Crippen molar-refractivity contribution in [2.24, 2.45) is 0 Å². The Morgan fingerprint density at radius 3 is 3.14 bits per heavy atom. The van der Waals surface area contributed by atoms with Gasteiger partial charge in [-0.3, -0.25) is 4.79 Å². The summed E-state index contributed by atoms with van der Waals surface area (Å²) in [5.41, 5.74) is 1.19. The van der Waals surface area contributed by atoms with Crippen LogP contribution in [0.5, 0.6) is 0 Å². The molecule has 2 rings (SSSR count). The van der Waals surface area contributed by atoms with Gasteiger partial charge in [0.05, 0.1) is 6.61 Å². The van der Waals surface area contributed by atoms with Gasteiger partial charge in [-0.1, -0.05) is 0 Å². The molecule has 0 atom stereocenters. The Morgan fingerprint density at radius 2 is 2.43 bits per heavy atom. The third-order valence-corrected chi connectivity index (χ3v) is 1.88. The van der Waals surface area contributed by atoms with Crippen LogP contribution in [0.15, 0.2) is 18.3 Å². The summed E-state index contributed by atoms with van der Waals surface area (Å²) in [7, 11) is 0. The molecular formula is C9H9N3O2. The number of pyridine rings is 1. The average Bonchev–Trinajstić information content (AvgIpc) is 2.59. The highest BCUT2D eigenvalue weighted by molar-refractivity contribution is 5.76. The molecular weight excluding hydrogens is 182 g/mol. The Balaban J connectivity index is 2.48. The average molecular weight is 191 g/mol. The molecule has 2 heterocycles. The first-order valence-electron chi connectivity index (χ1n) is 4.25. The fraction of sp³-hybridized carbons (Fsp3) is 0.222. The van der Waals surface area contributed by atoms with Crippen LogP contribution >= 0.6 is 0 Å². The zero-order chi connectivity index (χ0) is 9.97. The van der Waals surface area contributed by atoms with Gasteiger partial charge in [-0.25, -0.2) is 9.50 Å². The molecule has 0 amide bonds. The Labute approximate surface area is 80.0 Å². The summed E-state index contributed by atoms with van der Waals surface area (Å²) in [6.07, 6.45) is 2.87. The second-order valence-corrected chi connectivity index (χ2v) is 2.88. The highest BCUT2D eigenvalue weighted by Gasteiger charge is 2.02. The lowest BCUT2D eigenvalue weighted by Crippen LogP contribution is -1.93. The van der Waals surface area contributed by atoms with E-state index in [1.165, 1.54) is 0 Å². The van der Waals surface area contributed by atoms with Crippen LogP contribution in [-0.2, 0) is 6.42 Å². The molecule has 72 valence electrons. The standard InChI is InChI=1S/C9H9N3O2/c13-4-2-8-10-9-5-7(6-14)1-3-12(9)11-8/h1,3,5-6,13H,2,4H2. The van der Waals surface area contributed by atoms with Crippen molar-refractivity contribution in [3.05, 3.63) is 29.7 Å². The van der Waals surface area contributed by atoms with E-state index in [4.69, 9.17) is 5.11 Å². The number of aliphatic hydroxyl groups is 1. The molecule has 0 bridgehead atoms. The Morgan fingerprint density at radius 1 is 1.57 bits per heavy atom. The van der Waals surface area contributed by atoms with Gasteiger partial charge in [-0.15, -0.1) is 0 Å². The maximum atomic E-state index is 10.5. The summed E-state index contributed by atoms with van der Waals surface area (Å²) < 4.78 is 1.58. The molecule has 0 fully saturated rings. The summed E-state index contributed by atoms with van der Waals surface area (Å²) in [6.45, 7) is 0.0252. The van der Waals surface area contributed by atoms with E-state index in [0.717, 1.165) is 6.29 Å². The second-order valence-electron chi connectivity index (χ2n) is 2.88. The molecule has 0 unspecified atom stereocenters. The van der Waals surface area contributed by atoms with E-state index >= 15 is 0 Å². The molecule has 0 saturated heterocycles. The SMILES string of the molecule is O=Cc1ccn2nc(CCO)nc2c1. The van der Waals surface area contributed by atoms with Crippen molar-refractivity contribution in [1.82, 2.24) is 14.6 Å². The van der Waals surface area contributed by atoms with Crippen LogP contribution in [0.25, 0.3) is 5.65 Å². The quantitative estimate of drug-likeness (QED) is 0.697. The summed E-state index contributed by atoms with van der Waals surface area (Å²) in [6, 6.07) is 3.32. The molecule has 14 heavy (non-hydrogen) atoms. The van der Waals surface area contributed by atoms with E-state index in [1.54, 1.807) is 22.8 Å². The van der Waals surface area contributed by atoms with Crippen molar-refractivity contribution in [1.29, 1.82) is 0 Å². The Hall–Kier alpha value is -1.75. The number of hydrogen-bond acceptors (Lipinski definition) is 4. The third kappa shape index (κ3) is 1.49. The van der Waals surface area contributed by atoms with E-state index in [-0.39, 0.29) is 6.61 Å². The molecule has 0 aliphatic carbocycles. The van der Waals surface area contributed by atoms with Gasteiger partial charge in [0.1, 0.15) is 6.29 Å². The minimum Gasteiger partial charge on any atom is -0.396 e. The van der Waals surface area contributed by atoms with Crippen molar-refractivity contribution in [2.75, 3.05) is 6.61 Å². The minimum absolute atomic E-state index is 0.0252. The van der Waals surface area contributed by atoms with E-state index in [0.29, 0.717) is 23.5 Å². The number of nitrogens with zero attached hydrogens (tertiary/aromatic N) is 3. The van der Waals surface area contributed by atoms with Gasteiger partial charge < -0.3 is 5.11 Å². The van der Waals surface area contributed by atoms with Gasteiger partial charge in [0.2, 0.25) is 0 Å². The zero-order valence-electron chi connectivity index (χ0n) is 7.42. The van der Waals surface area contributed by atoms with E-state index in [2.05, 4.69) is 10.1 Å². The molecule has 2 aromatic rings. The largest absolute Gasteiger partial charge is 0.396 e. The van der Waals surface area contributed by atoms with Gasteiger partial charge in [0.15, 0.2) is 11.5 Å². The molecule has 0 aliphatic heterocycles. The predicted molar refractivity (Wildman–Crippen MR) is 49.2 cm³/mol. The minimum atomic E-state index is 0.0252. The number of rotatable bonds is 3. The molecule has 1 N–H and O–H groups in total. The van der Waals surface area contributed by atoms with Gasteiger partial charge in [0, 0.05) is 18.2 Å². The van der Waals surface area contributed by atoms with Gasteiger partial charge >= 0.3 is 0 Å². The molecule has 0 saturated carbocycles. The topological polar surface area (TPSA) is 67.5 Å². The first-order valence-corrected chi connectivity index (χ1v) is 4.25. The second kappa shape index (κ2) is 3.55. The number of aromatic nitrogens is 3. The number of aliphatic hydroxyl groups excluding tert-OH is 1. The van der Waals surface area contributed by atoms with Crippen LogP contribution in [0.2, 0.25) is 0 Å². The Bertz CT molecular complexity index is 464. The fourth-order valence-electron chi connectivity index (χ4n) is 1.22. The normalized spacial score (nSPS) is 10.6. The lowest BCUT2D eigenvalue weighted by molar-refractivity contribution is 0.112. The fourth-order valence-corrected chi connectivity index (χ4v) is 1.22. The van der Waals surface area contributed by atoms with Crippen LogP contribution in [0.3, 0.4) is 0 Å². The van der Waals surface area contributed by atoms with E-state index < -0.39 is 0 Å². The molecule has 5 nitrogen and oxygen atoms in total. The van der Waals surface area contributed by atoms with Gasteiger partial charge in [-0.2, -0.15) is 5.10 Å². The number of hydrogen-bond donors (Lipinski definition) is 1.